The van der Waals surface area contributed by atoms with Crippen LogP contribution in [0.4, 0.5) is 0 Å². The number of nitrogens with zero attached hydrogens (tertiary/aromatic N) is 1. The summed E-state index contributed by atoms with van der Waals surface area (Å²) in [6.45, 7) is 0. The van der Waals surface area contributed by atoms with Crippen LogP contribution in [0.2, 0.25) is 0 Å². The van der Waals surface area contributed by atoms with Crippen LogP contribution >= 0.6 is 0 Å². The number of rotatable bonds is 3. The van der Waals surface area contributed by atoms with Crippen LogP contribution in [0.25, 0.3) is 0 Å². The van der Waals surface area contributed by atoms with E-state index in [1.807, 2.05) is 7.05 Å². The summed E-state index contributed by atoms with van der Waals surface area (Å²) >= 11 is 0. The van der Waals surface area contributed by atoms with Crippen molar-refractivity contribution in [2.45, 2.75) is 18.4 Å². The Morgan fingerprint density at radius 3 is 2.93 bits per heavy atom. The van der Waals surface area contributed by atoms with Crippen molar-refractivity contribution in [3.05, 3.63) is 17.5 Å². The lowest BCUT2D eigenvalue weighted by Crippen LogP contribution is -2.24. The smallest absolute Gasteiger partial charge is 0.376 e. The number of carbonyl (C=O) groups is 1. The Balaban J connectivity index is 2.22. The minimum Gasteiger partial charge on any atom is -0.463 e. The fourth-order valence-corrected chi connectivity index (χ4v) is 1.46. The van der Waals surface area contributed by atoms with Crippen molar-refractivity contribution in [1.29, 1.82) is 0 Å². The monoisotopic (exact) mass is 196 g/mol. The molecule has 1 heterocycles. The Kier molecular flexibility index (Phi) is 2.03. The van der Waals surface area contributed by atoms with Gasteiger partial charge in [-0.25, -0.2) is 4.79 Å². The molecule has 0 spiro atoms. The maximum absolute atomic E-state index is 11.1. The molecule has 1 aromatic rings. The second kappa shape index (κ2) is 3.09. The van der Waals surface area contributed by atoms with E-state index in [2.05, 4.69) is 15.2 Å². The molecule has 5 nitrogen and oxygen atoms in total. The highest BCUT2D eigenvalue weighted by Gasteiger charge is 2.45. The maximum atomic E-state index is 11.1. The molecule has 14 heavy (non-hydrogen) atoms. The summed E-state index contributed by atoms with van der Waals surface area (Å²) < 4.78 is 9.40. The van der Waals surface area contributed by atoms with E-state index in [4.69, 9.17) is 4.52 Å². The molecule has 2 rings (SSSR count). The van der Waals surface area contributed by atoms with Crippen LogP contribution in [0.15, 0.2) is 10.6 Å². The molecule has 1 saturated carbocycles. The van der Waals surface area contributed by atoms with E-state index >= 15 is 0 Å². The molecule has 0 aliphatic heterocycles. The molecule has 1 N–H and O–H groups in total. The van der Waals surface area contributed by atoms with Gasteiger partial charge in [-0.05, 0) is 19.9 Å². The molecule has 0 atom stereocenters. The maximum Gasteiger partial charge on any atom is 0.376 e. The molecule has 0 radical (unpaired) electrons. The Hall–Kier alpha value is -1.36. The number of carbonyl (C=O) groups excluding carboxylic acids is 1. The number of aromatic nitrogens is 1. The number of hydrogen-bond acceptors (Lipinski definition) is 5. The molecule has 0 aromatic carbocycles. The molecular formula is C9H12N2O3. The molecule has 5 heteroatoms. The van der Waals surface area contributed by atoms with Crippen LogP contribution in [0, 0.1) is 0 Å². The molecule has 76 valence electrons. The lowest BCUT2D eigenvalue weighted by atomic mass is 10.2. The zero-order valence-electron chi connectivity index (χ0n) is 8.16. The molecule has 1 aliphatic rings. The number of hydrogen-bond donors (Lipinski definition) is 1. The van der Waals surface area contributed by atoms with Gasteiger partial charge in [-0.2, -0.15) is 0 Å². The number of methoxy groups -OCH3 is 1. The fourth-order valence-electron chi connectivity index (χ4n) is 1.46. The van der Waals surface area contributed by atoms with Gasteiger partial charge >= 0.3 is 5.97 Å². The minimum atomic E-state index is -0.490. The van der Waals surface area contributed by atoms with E-state index in [-0.39, 0.29) is 11.3 Å². The van der Waals surface area contributed by atoms with E-state index in [9.17, 15) is 4.79 Å². The van der Waals surface area contributed by atoms with Gasteiger partial charge < -0.3 is 14.6 Å². The first-order valence-electron chi connectivity index (χ1n) is 4.46. The summed E-state index contributed by atoms with van der Waals surface area (Å²) in [5, 5.41) is 7.02. The van der Waals surface area contributed by atoms with Gasteiger partial charge in [0.25, 0.3) is 0 Å². The summed E-state index contributed by atoms with van der Waals surface area (Å²) in [5.74, 6) is -0.334. The van der Waals surface area contributed by atoms with Crippen molar-refractivity contribution in [3.63, 3.8) is 0 Å². The normalized spacial score (nSPS) is 17.9. The predicted octanol–water partition coefficient (Wildman–Crippen LogP) is 0.670. The van der Waals surface area contributed by atoms with E-state index < -0.39 is 5.97 Å². The molecular weight excluding hydrogens is 184 g/mol. The fraction of sp³-hybridized carbons (Fsp3) is 0.556. The highest BCUT2D eigenvalue weighted by molar-refractivity contribution is 5.86. The SMILES string of the molecule is CNC1(c2cc(C(=O)OC)on2)CC1. The van der Waals surface area contributed by atoms with Crippen molar-refractivity contribution in [2.24, 2.45) is 0 Å². The van der Waals surface area contributed by atoms with Gasteiger partial charge in [0.05, 0.1) is 12.6 Å². The van der Waals surface area contributed by atoms with Gasteiger partial charge in [0.2, 0.25) is 5.76 Å². The van der Waals surface area contributed by atoms with Crippen LogP contribution in [0.5, 0.6) is 0 Å². The third-order valence-corrected chi connectivity index (χ3v) is 2.62. The first-order valence-corrected chi connectivity index (χ1v) is 4.46. The van der Waals surface area contributed by atoms with Crippen LogP contribution in [-0.4, -0.2) is 25.3 Å². The summed E-state index contributed by atoms with van der Waals surface area (Å²) in [6, 6.07) is 1.63. The summed E-state index contributed by atoms with van der Waals surface area (Å²) in [5.41, 5.74) is 0.705. The van der Waals surface area contributed by atoms with Crippen molar-refractivity contribution in [1.82, 2.24) is 10.5 Å². The predicted molar refractivity (Wildman–Crippen MR) is 47.8 cm³/mol. The second-order valence-corrected chi connectivity index (χ2v) is 3.40. The van der Waals surface area contributed by atoms with Gasteiger partial charge in [-0.15, -0.1) is 0 Å². The number of nitrogens with one attached hydrogen (secondary N) is 1. The van der Waals surface area contributed by atoms with Gasteiger partial charge in [-0.1, -0.05) is 5.16 Å². The highest BCUT2D eigenvalue weighted by Crippen LogP contribution is 2.44. The van der Waals surface area contributed by atoms with Gasteiger partial charge in [0, 0.05) is 6.07 Å². The van der Waals surface area contributed by atoms with E-state index in [1.54, 1.807) is 6.07 Å². The van der Waals surface area contributed by atoms with E-state index in [0.717, 1.165) is 18.5 Å². The van der Waals surface area contributed by atoms with Crippen molar-refractivity contribution < 1.29 is 14.1 Å². The standard InChI is InChI=1S/C9H12N2O3/c1-10-9(3-4-9)7-5-6(14-11-7)8(12)13-2/h5,10H,3-4H2,1-2H3. The van der Waals surface area contributed by atoms with Crippen molar-refractivity contribution >= 4 is 5.97 Å². The van der Waals surface area contributed by atoms with Crippen LogP contribution in [-0.2, 0) is 10.3 Å². The van der Waals surface area contributed by atoms with Gasteiger partial charge in [0.15, 0.2) is 0 Å². The highest BCUT2D eigenvalue weighted by atomic mass is 16.5. The first-order chi connectivity index (χ1) is 6.72. The first kappa shape index (κ1) is 9.21. The summed E-state index contributed by atoms with van der Waals surface area (Å²) in [4.78, 5) is 11.1. The van der Waals surface area contributed by atoms with Crippen LogP contribution in [0.3, 0.4) is 0 Å². The van der Waals surface area contributed by atoms with Gasteiger partial charge in [-0.3, -0.25) is 0 Å². The average Bonchev–Trinajstić information content (AvgIpc) is 2.87. The Morgan fingerprint density at radius 2 is 2.43 bits per heavy atom. The number of esters is 1. The summed E-state index contributed by atoms with van der Waals surface area (Å²) in [6.07, 6.45) is 2.05. The average molecular weight is 196 g/mol. The van der Waals surface area contributed by atoms with Crippen LogP contribution < -0.4 is 5.32 Å². The zero-order chi connectivity index (χ0) is 10.2. The van der Waals surface area contributed by atoms with E-state index in [1.165, 1.54) is 7.11 Å². The third-order valence-electron chi connectivity index (χ3n) is 2.62. The van der Waals surface area contributed by atoms with Crippen molar-refractivity contribution in [3.8, 4) is 0 Å². The summed E-state index contributed by atoms with van der Waals surface area (Å²) in [7, 11) is 3.19. The molecule has 0 unspecified atom stereocenters. The Bertz CT molecular complexity index is 355. The quantitative estimate of drug-likeness (QED) is 0.720. The molecule has 0 bridgehead atoms. The van der Waals surface area contributed by atoms with Gasteiger partial charge in [0.1, 0.15) is 5.69 Å². The molecule has 0 saturated heterocycles. The third kappa shape index (κ3) is 1.29. The van der Waals surface area contributed by atoms with Crippen LogP contribution in [0.1, 0.15) is 29.1 Å². The largest absolute Gasteiger partial charge is 0.463 e. The zero-order valence-corrected chi connectivity index (χ0v) is 8.16. The topological polar surface area (TPSA) is 64.4 Å². The number of ether oxygens (including phenoxy) is 1. The lowest BCUT2D eigenvalue weighted by molar-refractivity contribution is 0.0554. The lowest BCUT2D eigenvalue weighted by Gasteiger charge is -2.07. The Labute approximate surface area is 81.4 Å². The molecule has 1 aliphatic carbocycles. The Morgan fingerprint density at radius 1 is 1.71 bits per heavy atom. The van der Waals surface area contributed by atoms with Crippen molar-refractivity contribution in [2.75, 3.05) is 14.2 Å². The molecule has 1 aromatic heterocycles. The minimum absolute atomic E-state index is 0.0736. The molecule has 1 fully saturated rings. The molecule has 0 amide bonds. The van der Waals surface area contributed by atoms with E-state index in [0.29, 0.717) is 0 Å². The second-order valence-electron chi connectivity index (χ2n) is 3.40.